The van der Waals surface area contributed by atoms with Crippen molar-refractivity contribution in [3.05, 3.63) is 145 Å². The SMILES string of the molecule is C=CC(=O)OCCCCCCCCCCCOc1ccc(C(=O)Oc2ccc(CO[C@@H]3CCCC[C@H]3OCc3ccc(OC(=O)c4ccc(OCCCCCCCCCCCOC(=O)C=C)cc4)cc3)cc2)cc1. The molecular formula is C62H80O12. The molecular weight excluding hydrogens is 937 g/mol. The fourth-order valence-corrected chi connectivity index (χ4v) is 8.59. The summed E-state index contributed by atoms with van der Waals surface area (Å²) >= 11 is 0. The summed E-state index contributed by atoms with van der Waals surface area (Å²) in [7, 11) is 0. The molecule has 0 saturated heterocycles. The monoisotopic (exact) mass is 1020 g/mol. The molecule has 1 saturated carbocycles. The lowest BCUT2D eigenvalue weighted by Gasteiger charge is -2.31. The zero-order valence-corrected chi connectivity index (χ0v) is 43.7. The van der Waals surface area contributed by atoms with Gasteiger partial charge in [0.25, 0.3) is 0 Å². The van der Waals surface area contributed by atoms with Gasteiger partial charge in [0.1, 0.15) is 23.0 Å². The molecule has 0 radical (unpaired) electrons. The summed E-state index contributed by atoms with van der Waals surface area (Å²) in [5, 5.41) is 0. The summed E-state index contributed by atoms with van der Waals surface area (Å²) in [5.41, 5.74) is 2.85. The van der Waals surface area contributed by atoms with E-state index >= 15 is 0 Å². The first kappa shape index (κ1) is 58.6. The highest BCUT2D eigenvalue weighted by Gasteiger charge is 2.27. The predicted molar refractivity (Wildman–Crippen MR) is 288 cm³/mol. The Morgan fingerprint density at radius 3 is 1.01 bits per heavy atom. The van der Waals surface area contributed by atoms with Crippen LogP contribution in [0.25, 0.3) is 0 Å². The van der Waals surface area contributed by atoms with Crippen molar-refractivity contribution in [1.29, 1.82) is 0 Å². The van der Waals surface area contributed by atoms with E-state index < -0.39 is 11.9 Å². The predicted octanol–water partition coefficient (Wildman–Crippen LogP) is 14.4. The van der Waals surface area contributed by atoms with Crippen molar-refractivity contribution in [1.82, 2.24) is 0 Å². The Kier molecular flexibility index (Phi) is 28.4. The van der Waals surface area contributed by atoms with Crippen LogP contribution in [0, 0.1) is 0 Å². The molecule has 5 rings (SSSR count). The summed E-state index contributed by atoms with van der Waals surface area (Å²) in [4.78, 5) is 47.9. The summed E-state index contributed by atoms with van der Waals surface area (Å²) in [6, 6.07) is 28.9. The van der Waals surface area contributed by atoms with Gasteiger partial charge in [-0.15, -0.1) is 0 Å². The fourth-order valence-electron chi connectivity index (χ4n) is 8.59. The Bertz CT molecular complexity index is 2060. The lowest BCUT2D eigenvalue weighted by Crippen LogP contribution is -2.34. The summed E-state index contributed by atoms with van der Waals surface area (Å²) < 4.78 is 45.9. The van der Waals surface area contributed by atoms with Gasteiger partial charge in [-0.05, 0) is 122 Å². The van der Waals surface area contributed by atoms with Gasteiger partial charge in [0, 0.05) is 12.2 Å². The Hall–Kier alpha value is -6.24. The van der Waals surface area contributed by atoms with Crippen LogP contribution in [0.5, 0.6) is 23.0 Å². The molecule has 12 heteroatoms. The van der Waals surface area contributed by atoms with Gasteiger partial charge in [0.2, 0.25) is 0 Å². The van der Waals surface area contributed by atoms with Gasteiger partial charge >= 0.3 is 23.9 Å². The highest BCUT2D eigenvalue weighted by atomic mass is 16.6. The molecule has 0 spiro atoms. The lowest BCUT2D eigenvalue weighted by molar-refractivity contribution is -0.138. The topological polar surface area (TPSA) is 142 Å². The first-order chi connectivity index (χ1) is 36.3. The van der Waals surface area contributed by atoms with Crippen molar-refractivity contribution in [2.24, 2.45) is 0 Å². The van der Waals surface area contributed by atoms with Crippen LogP contribution in [0.1, 0.15) is 173 Å². The molecule has 1 aliphatic carbocycles. The minimum atomic E-state index is -0.431. The van der Waals surface area contributed by atoms with E-state index in [1.807, 2.05) is 24.3 Å². The van der Waals surface area contributed by atoms with Gasteiger partial charge in [-0.2, -0.15) is 0 Å². The molecule has 1 fully saturated rings. The molecule has 0 amide bonds. The van der Waals surface area contributed by atoms with Crippen LogP contribution in [0.15, 0.2) is 122 Å². The number of hydrogen-bond donors (Lipinski definition) is 0. The van der Waals surface area contributed by atoms with E-state index in [4.69, 9.17) is 37.9 Å². The molecule has 2 atom stereocenters. The quantitative estimate of drug-likeness (QED) is 0.0182. The minimum Gasteiger partial charge on any atom is -0.494 e. The number of carbonyl (C=O) groups is 4. The Morgan fingerprint density at radius 1 is 0.392 bits per heavy atom. The molecule has 0 aromatic heterocycles. The molecule has 74 heavy (non-hydrogen) atoms. The zero-order chi connectivity index (χ0) is 52.3. The number of benzene rings is 4. The molecule has 4 aromatic rings. The fraction of sp³-hybridized carbons (Fsp3) is 0.484. The Morgan fingerprint density at radius 2 is 0.689 bits per heavy atom. The third-order valence-corrected chi connectivity index (χ3v) is 13.0. The molecule has 1 aliphatic rings. The summed E-state index contributed by atoms with van der Waals surface area (Å²) in [6.45, 7) is 9.84. The molecule has 0 N–H and O–H groups in total. The van der Waals surface area contributed by atoms with Gasteiger partial charge < -0.3 is 37.9 Å². The van der Waals surface area contributed by atoms with Crippen LogP contribution in [-0.4, -0.2) is 62.5 Å². The van der Waals surface area contributed by atoms with Gasteiger partial charge in [-0.3, -0.25) is 0 Å². The van der Waals surface area contributed by atoms with Crippen molar-refractivity contribution >= 4 is 23.9 Å². The highest BCUT2D eigenvalue weighted by molar-refractivity contribution is 5.91. The highest BCUT2D eigenvalue weighted by Crippen LogP contribution is 2.27. The number of esters is 4. The average Bonchev–Trinajstić information content (AvgIpc) is 3.43. The second kappa shape index (κ2) is 35.8. The first-order valence-electron chi connectivity index (χ1n) is 27.2. The normalized spacial score (nSPS) is 14.1. The number of hydrogen-bond acceptors (Lipinski definition) is 12. The summed E-state index contributed by atoms with van der Waals surface area (Å²) in [5.74, 6) is 0.811. The average molecular weight is 1020 g/mol. The Labute approximate surface area is 440 Å². The van der Waals surface area contributed by atoms with Crippen molar-refractivity contribution in [2.75, 3.05) is 26.4 Å². The number of rotatable bonds is 38. The second-order valence-electron chi connectivity index (χ2n) is 18.9. The van der Waals surface area contributed by atoms with Gasteiger partial charge in [-0.1, -0.05) is 140 Å². The van der Waals surface area contributed by atoms with Gasteiger partial charge in [-0.25, -0.2) is 19.2 Å². The number of carbonyl (C=O) groups excluding carboxylic acids is 4. The van der Waals surface area contributed by atoms with Crippen molar-refractivity contribution in [2.45, 2.75) is 167 Å². The van der Waals surface area contributed by atoms with E-state index in [1.54, 1.807) is 72.8 Å². The van der Waals surface area contributed by atoms with Crippen LogP contribution in [0.4, 0.5) is 0 Å². The van der Waals surface area contributed by atoms with Crippen molar-refractivity contribution in [3.8, 4) is 23.0 Å². The van der Waals surface area contributed by atoms with E-state index in [0.717, 1.165) is 113 Å². The maximum Gasteiger partial charge on any atom is 0.343 e. The minimum absolute atomic E-state index is 0.0433. The third kappa shape index (κ3) is 24.2. The van der Waals surface area contributed by atoms with E-state index in [2.05, 4.69) is 13.2 Å². The smallest absolute Gasteiger partial charge is 0.343 e. The van der Waals surface area contributed by atoms with E-state index in [9.17, 15) is 19.2 Å². The molecule has 0 bridgehead atoms. The molecule has 4 aromatic carbocycles. The number of unbranched alkanes of at least 4 members (excludes halogenated alkanes) is 16. The lowest BCUT2D eigenvalue weighted by atomic mass is 9.94. The molecule has 400 valence electrons. The van der Waals surface area contributed by atoms with Crippen molar-refractivity contribution in [3.63, 3.8) is 0 Å². The maximum absolute atomic E-state index is 12.9. The maximum atomic E-state index is 12.9. The van der Waals surface area contributed by atoms with Crippen LogP contribution >= 0.6 is 0 Å². The molecule has 0 heterocycles. The van der Waals surface area contributed by atoms with E-state index in [-0.39, 0.29) is 24.1 Å². The van der Waals surface area contributed by atoms with Crippen LogP contribution in [0.2, 0.25) is 0 Å². The Balaban J connectivity index is 0.895. The number of ether oxygens (including phenoxy) is 8. The second-order valence-corrected chi connectivity index (χ2v) is 18.9. The molecule has 12 nitrogen and oxygen atoms in total. The van der Waals surface area contributed by atoms with E-state index in [1.165, 1.54) is 63.5 Å². The van der Waals surface area contributed by atoms with Gasteiger partial charge in [0.05, 0.1) is 63.0 Å². The van der Waals surface area contributed by atoms with Gasteiger partial charge in [0.15, 0.2) is 0 Å². The third-order valence-electron chi connectivity index (χ3n) is 13.0. The summed E-state index contributed by atoms with van der Waals surface area (Å²) in [6.07, 6.45) is 26.4. The molecule has 0 unspecified atom stereocenters. The van der Waals surface area contributed by atoms with Crippen LogP contribution in [-0.2, 0) is 41.8 Å². The zero-order valence-electron chi connectivity index (χ0n) is 43.7. The van der Waals surface area contributed by atoms with Crippen LogP contribution < -0.4 is 18.9 Å². The van der Waals surface area contributed by atoms with E-state index in [0.29, 0.717) is 62.3 Å². The first-order valence-corrected chi connectivity index (χ1v) is 27.2. The molecule has 0 aliphatic heterocycles. The van der Waals surface area contributed by atoms with Crippen molar-refractivity contribution < 1.29 is 57.1 Å². The standard InChI is InChI=1S/C62H80O12/c1-3-59(63)69-45-23-17-13-9-5-7-11-15-21-43-67-53-39-31-51(32-40-53)61(65)73-55-35-27-49(28-36-55)47-71-57-25-19-20-26-58(57)72-48-50-29-37-56(38-30-50)74-62(66)52-33-41-54(42-34-52)68-44-22-16-12-8-6-10-14-18-24-46-70-60(64)4-2/h3-4,27-42,57-58H,1-2,5-26,43-48H2/t57-,58-/m1/s1. The largest absolute Gasteiger partial charge is 0.494 e. The van der Waals surface area contributed by atoms with Crippen LogP contribution in [0.3, 0.4) is 0 Å².